The predicted molar refractivity (Wildman–Crippen MR) is 278 cm³/mol. The number of carbonyl (C=O) groups is 2. The van der Waals surface area contributed by atoms with Crippen molar-refractivity contribution >= 4 is 11.9 Å². The molecule has 1 rings (SSSR count). The summed E-state index contributed by atoms with van der Waals surface area (Å²) in [4.78, 5) is 25.0. The number of esters is 1. The summed E-state index contributed by atoms with van der Waals surface area (Å²) in [6.45, 7) is 4.02. The Bertz CT molecular complexity index is 1310. The third kappa shape index (κ3) is 36.3. The molecule has 394 valence electrons. The number of hydrogen-bond acceptors (Lipinski definition) is 10. The Morgan fingerprint density at radius 2 is 1.01 bits per heavy atom. The molecule has 11 nitrogen and oxygen atoms in total. The number of aliphatic hydroxyl groups excluding tert-OH is 5. The van der Waals surface area contributed by atoms with E-state index in [9.17, 15) is 35.1 Å². The average molecular weight is 960 g/mol. The molecule has 0 bridgehead atoms. The molecule has 0 aromatic heterocycles. The number of unbranched alkanes of at least 4 members (excludes halogenated alkanes) is 25. The van der Waals surface area contributed by atoms with Gasteiger partial charge in [-0.3, -0.25) is 9.59 Å². The van der Waals surface area contributed by atoms with E-state index in [1.165, 1.54) is 103 Å². The van der Waals surface area contributed by atoms with E-state index in [1.807, 2.05) is 19.1 Å². The lowest BCUT2D eigenvalue weighted by molar-refractivity contribution is -0.302. The van der Waals surface area contributed by atoms with Gasteiger partial charge in [-0.1, -0.05) is 170 Å². The molecule has 0 aromatic rings. The second kappa shape index (κ2) is 46.7. The molecule has 7 atom stereocenters. The number of allylic oxidation sites excluding steroid dienone is 9. The highest BCUT2D eigenvalue weighted by molar-refractivity contribution is 5.76. The fraction of sp³-hybridized carbons (Fsp3) is 0.789. The second-order valence-corrected chi connectivity index (χ2v) is 18.9. The van der Waals surface area contributed by atoms with E-state index in [0.29, 0.717) is 25.9 Å². The predicted octanol–water partition coefficient (Wildman–Crippen LogP) is 11.9. The molecule has 68 heavy (non-hydrogen) atoms. The molecule has 0 saturated carbocycles. The quantitative estimate of drug-likeness (QED) is 0.0196. The summed E-state index contributed by atoms with van der Waals surface area (Å²) in [6, 6.07) is -0.846. The van der Waals surface area contributed by atoms with Crippen LogP contribution in [0.25, 0.3) is 0 Å². The van der Waals surface area contributed by atoms with Crippen molar-refractivity contribution in [3.8, 4) is 0 Å². The Morgan fingerprint density at radius 3 is 1.54 bits per heavy atom. The lowest BCUT2D eigenvalue weighted by Gasteiger charge is -2.40. The van der Waals surface area contributed by atoms with Gasteiger partial charge in [0.15, 0.2) is 6.29 Å². The van der Waals surface area contributed by atoms with Crippen molar-refractivity contribution in [2.24, 2.45) is 0 Å². The molecule has 1 saturated heterocycles. The first-order valence-electron chi connectivity index (χ1n) is 27.5. The van der Waals surface area contributed by atoms with Gasteiger partial charge in [-0.15, -0.1) is 0 Å². The van der Waals surface area contributed by atoms with Crippen molar-refractivity contribution in [3.05, 3.63) is 60.8 Å². The van der Waals surface area contributed by atoms with E-state index in [1.54, 1.807) is 6.08 Å². The summed E-state index contributed by atoms with van der Waals surface area (Å²) < 4.78 is 16.6. The van der Waals surface area contributed by atoms with Crippen LogP contribution in [0.4, 0.5) is 0 Å². The van der Waals surface area contributed by atoms with Gasteiger partial charge in [0.1, 0.15) is 24.4 Å². The van der Waals surface area contributed by atoms with E-state index < -0.39 is 49.5 Å². The number of nitrogens with one attached hydrogen (secondary N) is 1. The monoisotopic (exact) mass is 960 g/mol. The first-order valence-corrected chi connectivity index (χ1v) is 27.5. The third-order valence-electron chi connectivity index (χ3n) is 12.6. The molecule has 7 unspecified atom stereocenters. The standard InChI is InChI=1S/C57H101NO10/c1-3-5-7-9-11-13-14-15-18-22-25-29-33-37-41-45-53(62)66-46-42-38-34-30-26-23-20-17-16-19-21-24-28-32-36-40-44-52(61)58-49(50(60)43-39-35-31-27-12-10-8-6-4-2)48-67-57-56(65)55(64)54(63)51(47-59)68-57/h4,6,12,15-16,18-19,27,39,43,49-51,54-57,59-60,63-65H,3,5,7-11,13-14,17,20-26,28-38,40-42,44-48H2,1-2H3,(H,58,61)/b6-4+,18-15-,19-16-,27-12+,43-39+. The van der Waals surface area contributed by atoms with Crippen LogP contribution >= 0.6 is 0 Å². The molecule has 0 spiro atoms. The van der Waals surface area contributed by atoms with Crippen molar-refractivity contribution in [2.45, 2.75) is 269 Å². The average Bonchev–Trinajstić information content (AvgIpc) is 3.33. The summed E-state index contributed by atoms with van der Waals surface area (Å²) in [7, 11) is 0. The van der Waals surface area contributed by atoms with Gasteiger partial charge in [0.05, 0.1) is 32.0 Å². The van der Waals surface area contributed by atoms with Crippen molar-refractivity contribution in [3.63, 3.8) is 0 Å². The summed E-state index contributed by atoms with van der Waals surface area (Å²) in [6.07, 6.45) is 49.1. The maximum Gasteiger partial charge on any atom is 0.305 e. The summed E-state index contributed by atoms with van der Waals surface area (Å²) in [5, 5.41) is 54.0. The van der Waals surface area contributed by atoms with E-state index in [-0.39, 0.29) is 18.5 Å². The SMILES string of the molecule is C/C=C/CC/C=C/CC/C=C/C(O)C(COC1OC(CO)C(O)C(O)C1O)NC(=O)CCCCCCC/C=C\CCCCCCCCCOC(=O)CCCCCCC/C=C\CCCCCCCC. The van der Waals surface area contributed by atoms with Crippen LogP contribution in [0.3, 0.4) is 0 Å². The Hall–Kier alpha value is -2.64. The first-order chi connectivity index (χ1) is 33.2. The molecular formula is C57H101NO10. The van der Waals surface area contributed by atoms with E-state index >= 15 is 0 Å². The fourth-order valence-electron chi connectivity index (χ4n) is 8.23. The molecule has 1 fully saturated rings. The van der Waals surface area contributed by atoms with Crippen LogP contribution in [0.2, 0.25) is 0 Å². The number of ether oxygens (including phenoxy) is 3. The molecular weight excluding hydrogens is 859 g/mol. The normalized spacial score (nSPS) is 19.9. The zero-order valence-electron chi connectivity index (χ0n) is 43.0. The molecule has 1 aliphatic heterocycles. The smallest absolute Gasteiger partial charge is 0.305 e. The first kappa shape index (κ1) is 63.4. The lowest BCUT2D eigenvalue weighted by Crippen LogP contribution is -2.60. The van der Waals surface area contributed by atoms with Gasteiger partial charge < -0.3 is 45.1 Å². The number of aliphatic hydroxyl groups is 5. The van der Waals surface area contributed by atoms with E-state index in [4.69, 9.17) is 14.2 Å². The highest BCUT2D eigenvalue weighted by atomic mass is 16.7. The van der Waals surface area contributed by atoms with Crippen LogP contribution in [0, 0.1) is 0 Å². The Kier molecular flexibility index (Phi) is 43.5. The van der Waals surface area contributed by atoms with Crippen LogP contribution in [-0.4, -0.2) is 100 Å². The van der Waals surface area contributed by atoms with Crippen LogP contribution in [0.1, 0.15) is 226 Å². The minimum Gasteiger partial charge on any atom is -0.466 e. The zero-order chi connectivity index (χ0) is 49.6. The Morgan fingerprint density at radius 1 is 0.559 bits per heavy atom. The minimum atomic E-state index is -1.59. The topological polar surface area (TPSA) is 175 Å². The van der Waals surface area contributed by atoms with Crippen molar-refractivity contribution in [2.75, 3.05) is 19.8 Å². The molecule has 11 heteroatoms. The molecule has 0 aliphatic carbocycles. The highest BCUT2D eigenvalue weighted by Crippen LogP contribution is 2.23. The lowest BCUT2D eigenvalue weighted by atomic mass is 9.99. The maximum absolute atomic E-state index is 13.0. The van der Waals surface area contributed by atoms with Crippen molar-refractivity contribution in [1.82, 2.24) is 5.32 Å². The number of hydrogen-bond donors (Lipinski definition) is 6. The largest absolute Gasteiger partial charge is 0.466 e. The van der Waals surface area contributed by atoms with E-state index in [0.717, 1.165) is 89.9 Å². The maximum atomic E-state index is 13.0. The van der Waals surface area contributed by atoms with Gasteiger partial charge in [0, 0.05) is 12.8 Å². The summed E-state index contributed by atoms with van der Waals surface area (Å²) >= 11 is 0. The summed E-state index contributed by atoms with van der Waals surface area (Å²) in [5.41, 5.74) is 0. The second-order valence-electron chi connectivity index (χ2n) is 18.9. The van der Waals surface area contributed by atoms with Crippen molar-refractivity contribution in [1.29, 1.82) is 0 Å². The molecule has 1 amide bonds. The number of rotatable bonds is 46. The number of amides is 1. The Balaban J connectivity index is 2.09. The summed E-state index contributed by atoms with van der Waals surface area (Å²) in [5.74, 6) is -0.250. The van der Waals surface area contributed by atoms with Gasteiger partial charge in [-0.05, 0) is 103 Å². The zero-order valence-corrected chi connectivity index (χ0v) is 43.0. The van der Waals surface area contributed by atoms with Crippen LogP contribution in [-0.2, 0) is 23.8 Å². The van der Waals surface area contributed by atoms with Gasteiger partial charge >= 0.3 is 5.97 Å². The number of carbonyl (C=O) groups excluding carboxylic acids is 2. The van der Waals surface area contributed by atoms with Gasteiger partial charge in [-0.25, -0.2) is 0 Å². The van der Waals surface area contributed by atoms with Crippen LogP contribution in [0.5, 0.6) is 0 Å². The van der Waals surface area contributed by atoms with Crippen LogP contribution in [0.15, 0.2) is 60.8 Å². The van der Waals surface area contributed by atoms with Gasteiger partial charge in [0.2, 0.25) is 5.91 Å². The van der Waals surface area contributed by atoms with Gasteiger partial charge in [-0.2, -0.15) is 0 Å². The molecule has 0 radical (unpaired) electrons. The highest BCUT2D eigenvalue weighted by Gasteiger charge is 2.44. The molecule has 6 N–H and O–H groups in total. The third-order valence-corrected chi connectivity index (χ3v) is 12.6. The van der Waals surface area contributed by atoms with E-state index in [2.05, 4.69) is 54.8 Å². The van der Waals surface area contributed by atoms with Crippen LogP contribution < -0.4 is 5.32 Å². The molecule has 0 aromatic carbocycles. The molecule has 1 aliphatic rings. The van der Waals surface area contributed by atoms with Gasteiger partial charge in [0.25, 0.3) is 0 Å². The Labute approximate surface area is 414 Å². The van der Waals surface area contributed by atoms with Crippen molar-refractivity contribution < 1.29 is 49.3 Å². The molecule has 1 heterocycles. The fourth-order valence-corrected chi connectivity index (χ4v) is 8.23. The minimum absolute atomic E-state index is 0.0314.